The molecule has 2 N–H and O–H groups in total. The summed E-state index contributed by atoms with van der Waals surface area (Å²) in [5.41, 5.74) is 0.634. The van der Waals surface area contributed by atoms with E-state index in [2.05, 4.69) is 11.8 Å². The van der Waals surface area contributed by atoms with E-state index in [-0.39, 0.29) is 18.5 Å². The van der Waals surface area contributed by atoms with E-state index in [1.54, 1.807) is 31.4 Å². The first-order valence-electron chi connectivity index (χ1n) is 9.69. The molecule has 0 aliphatic carbocycles. The number of unbranched alkanes of at least 4 members (excludes halogenated alkanes) is 1. The van der Waals surface area contributed by atoms with Gasteiger partial charge in [0.2, 0.25) is 11.8 Å². The lowest BCUT2D eigenvalue weighted by Gasteiger charge is -2.15. The van der Waals surface area contributed by atoms with Gasteiger partial charge in [0.1, 0.15) is 12.4 Å². The lowest BCUT2D eigenvalue weighted by molar-refractivity contribution is -0.139. The molecular formula is C21H27NO8. The van der Waals surface area contributed by atoms with E-state index in [1.807, 2.05) is 0 Å². The van der Waals surface area contributed by atoms with Gasteiger partial charge in [-0.25, -0.2) is 4.79 Å². The van der Waals surface area contributed by atoms with Crippen LogP contribution in [0.3, 0.4) is 0 Å². The number of esters is 1. The maximum absolute atomic E-state index is 12.4. The van der Waals surface area contributed by atoms with Gasteiger partial charge >= 0.3 is 12.1 Å². The molecule has 0 saturated heterocycles. The van der Waals surface area contributed by atoms with Crippen LogP contribution in [0.15, 0.2) is 36.4 Å². The van der Waals surface area contributed by atoms with E-state index in [0.29, 0.717) is 29.1 Å². The van der Waals surface area contributed by atoms with E-state index < -0.39 is 17.9 Å². The van der Waals surface area contributed by atoms with E-state index in [4.69, 9.17) is 14.2 Å². The minimum Gasteiger partial charge on any atom is -0.492 e. The summed E-state index contributed by atoms with van der Waals surface area (Å²) in [7, 11) is 1.60. The standard InChI is InChI=1S/C21H27NO8/c1-3-4-5-16(12-13-27-2)20(25)29-17-8-6-15(7-9-17)14-28-21(26)30-22-18(23)10-11-19(22)24/h6-11,16,23-24H,3-5,12-14H2,1-2H3. The molecule has 1 atom stereocenters. The van der Waals surface area contributed by atoms with Crippen molar-refractivity contribution in [3.8, 4) is 17.5 Å². The van der Waals surface area contributed by atoms with Crippen LogP contribution in [0.25, 0.3) is 0 Å². The van der Waals surface area contributed by atoms with E-state index in [1.165, 1.54) is 0 Å². The van der Waals surface area contributed by atoms with Crippen molar-refractivity contribution in [3.05, 3.63) is 42.0 Å². The number of aromatic hydroxyl groups is 2. The molecule has 1 aromatic carbocycles. The number of benzene rings is 1. The summed E-state index contributed by atoms with van der Waals surface area (Å²) >= 11 is 0. The number of ether oxygens (including phenoxy) is 3. The second kappa shape index (κ2) is 11.7. The van der Waals surface area contributed by atoms with Crippen molar-refractivity contribution >= 4 is 12.1 Å². The van der Waals surface area contributed by atoms with Crippen LogP contribution in [0.4, 0.5) is 4.79 Å². The van der Waals surface area contributed by atoms with Crippen molar-refractivity contribution in [1.29, 1.82) is 0 Å². The van der Waals surface area contributed by atoms with Crippen LogP contribution in [-0.4, -0.2) is 40.8 Å². The number of hydrogen-bond acceptors (Lipinski definition) is 8. The first-order chi connectivity index (χ1) is 14.4. The predicted molar refractivity (Wildman–Crippen MR) is 106 cm³/mol. The molecule has 1 unspecified atom stereocenters. The quantitative estimate of drug-likeness (QED) is 0.419. The van der Waals surface area contributed by atoms with Crippen molar-refractivity contribution in [2.24, 2.45) is 5.92 Å². The molecule has 0 aliphatic heterocycles. The summed E-state index contributed by atoms with van der Waals surface area (Å²) < 4.78 is 16.0. The monoisotopic (exact) mass is 421 g/mol. The van der Waals surface area contributed by atoms with E-state index in [0.717, 1.165) is 31.4 Å². The van der Waals surface area contributed by atoms with Crippen LogP contribution >= 0.6 is 0 Å². The van der Waals surface area contributed by atoms with Gasteiger partial charge in [-0.1, -0.05) is 31.9 Å². The molecule has 0 radical (unpaired) electrons. The summed E-state index contributed by atoms with van der Waals surface area (Å²) in [5.74, 6) is -1.01. The Hall–Kier alpha value is -3.20. The fraction of sp³-hybridized carbons (Fsp3) is 0.429. The van der Waals surface area contributed by atoms with Crippen molar-refractivity contribution in [1.82, 2.24) is 4.73 Å². The van der Waals surface area contributed by atoms with Gasteiger partial charge in [0.15, 0.2) is 0 Å². The molecule has 9 heteroatoms. The van der Waals surface area contributed by atoms with Gasteiger partial charge < -0.3 is 24.4 Å². The summed E-state index contributed by atoms with van der Waals surface area (Å²) in [6.45, 7) is 2.45. The van der Waals surface area contributed by atoms with E-state index in [9.17, 15) is 19.8 Å². The Balaban J connectivity index is 1.84. The third-order valence-corrected chi connectivity index (χ3v) is 4.37. The minimum absolute atomic E-state index is 0.108. The highest BCUT2D eigenvalue weighted by Gasteiger charge is 2.20. The Morgan fingerprint density at radius 1 is 1.03 bits per heavy atom. The molecule has 2 rings (SSSR count). The molecule has 0 fully saturated rings. The van der Waals surface area contributed by atoms with Crippen molar-refractivity contribution in [3.63, 3.8) is 0 Å². The number of rotatable bonds is 11. The molecule has 1 aromatic heterocycles. The largest absolute Gasteiger partial charge is 0.534 e. The number of methoxy groups -OCH3 is 1. The molecule has 0 saturated carbocycles. The Bertz CT molecular complexity index is 787. The highest BCUT2D eigenvalue weighted by atomic mass is 16.8. The molecule has 0 aliphatic rings. The lowest BCUT2D eigenvalue weighted by atomic mass is 9.99. The predicted octanol–water partition coefficient (Wildman–Crippen LogP) is 3.41. The molecule has 164 valence electrons. The molecule has 9 nitrogen and oxygen atoms in total. The molecule has 0 spiro atoms. The third-order valence-electron chi connectivity index (χ3n) is 4.37. The van der Waals surface area contributed by atoms with Gasteiger partial charge in [0, 0.05) is 25.8 Å². The maximum atomic E-state index is 12.4. The second-order valence-electron chi connectivity index (χ2n) is 6.66. The second-order valence-corrected chi connectivity index (χ2v) is 6.66. The van der Waals surface area contributed by atoms with Gasteiger partial charge in [-0.2, -0.15) is 0 Å². The van der Waals surface area contributed by atoms with E-state index >= 15 is 0 Å². The lowest BCUT2D eigenvalue weighted by Crippen LogP contribution is -2.22. The molecule has 0 amide bonds. The van der Waals surface area contributed by atoms with Gasteiger partial charge in [0.05, 0.1) is 5.92 Å². The molecule has 2 aromatic rings. The zero-order valence-corrected chi connectivity index (χ0v) is 17.1. The molecular weight excluding hydrogens is 394 g/mol. The van der Waals surface area contributed by atoms with Gasteiger partial charge in [0.25, 0.3) is 0 Å². The summed E-state index contributed by atoms with van der Waals surface area (Å²) in [6.07, 6.45) is 2.19. The highest BCUT2D eigenvalue weighted by Crippen LogP contribution is 2.20. The Labute approximate surface area is 174 Å². The zero-order valence-electron chi connectivity index (χ0n) is 17.1. The minimum atomic E-state index is -1.11. The van der Waals surface area contributed by atoms with Crippen LogP contribution in [-0.2, 0) is 20.9 Å². The Kier molecular flexibility index (Phi) is 9.02. The topological polar surface area (TPSA) is 116 Å². The van der Waals surface area contributed by atoms with Crippen molar-refractivity contribution in [2.45, 2.75) is 39.2 Å². The fourth-order valence-electron chi connectivity index (χ4n) is 2.68. The highest BCUT2D eigenvalue weighted by molar-refractivity contribution is 5.75. The summed E-state index contributed by atoms with van der Waals surface area (Å²) in [5, 5.41) is 18.8. The summed E-state index contributed by atoms with van der Waals surface area (Å²) in [6, 6.07) is 8.83. The van der Waals surface area contributed by atoms with Crippen LogP contribution < -0.4 is 9.57 Å². The average Bonchev–Trinajstić information content (AvgIpc) is 3.05. The maximum Gasteiger partial charge on any atom is 0.534 e. The van der Waals surface area contributed by atoms with Crippen LogP contribution in [0.2, 0.25) is 0 Å². The smallest absolute Gasteiger partial charge is 0.492 e. The molecule has 30 heavy (non-hydrogen) atoms. The van der Waals surface area contributed by atoms with Crippen LogP contribution in [0.5, 0.6) is 17.5 Å². The number of nitrogens with zero attached hydrogens (tertiary/aromatic N) is 1. The SMILES string of the molecule is CCCCC(CCOC)C(=O)Oc1ccc(COC(=O)On2c(O)ccc2O)cc1. The number of carbonyl (C=O) groups is 2. The van der Waals surface area contributed by atoms with Crippen molar-refractivity contribution in [2.75, 3.05) is 13.7 Å². The Morgan fingerprint density at radius 2 is 1.70 bits per heavy atom. The molecule has 1 heterocycles. The third kappa shape index (κ3) is 7.00. The number of aromatic nitrogens is 1. The first kappa shape index (κ1) is 23.1. The van der Waals surface area contributed by atoms with Gasteiger partial charge in [-0.15, -0.1) is 4.73 Å². The Morgan fingerprint density at radius 3 is 2.30 bits per heavy atom. The van der Waals surface area contributed by atoms with Gasteiger partial charge in [-0.3, -0.25) is 9.63 Å². The average molecular weight is 421 g/mol. The normalized spacial score (nSPS) is 11.7. The van der Waals surface area contributed by atoms with Crippen LogP contribution in [0, 0.1) is 5.92 Å². The number of carbonyl (C=O) groups excluding carboxylic acids is 2. The number of hydrogen-bond donors (Lipinski definition) is 2. The first-order valence-corrected chi connectivity index (χ1v) is 9.69. The van der Waals surface area contributed by atoms with Gasteiger partial charge in [-0.05, 0) is 30.5 Å². The van der Waals surface area contributed by atoms with Crippen LogP contribution in [0.1, 0.15) is 38.2 Å². The van der Waals surface area contributed by atoms with Crippen molar-refractivity contribution < 1.29 is 38.9 Å². The fourth-order valence-corrected chi connectivity index (χ4v) is 2.68. The molecule has 0 bridgehead atoms. The zero-order chi connectivity index (χ0) is 21.9. The summed E-state index contributed by atoms with van der Waals surface area (Å²) in [4.78, 5) is 28.8.